The molecule has 10 heteroatoms. The lowest BCUT2D eigenvalue weighted by Gasteiger charge is -2.04. The van der Waals surface area contributed by atoms with Gasteiger partial charge in [-0.3, -0.25) is 0 Å². The smallest absolute Gasteiger partial charge is 0.466 e. The molecule has 0 aliphatic carbocycles. The number of methoxy groups -OCH3 is 1. The molecule has 126 valence electrons. The first-order valence-electron chi connectivity index (χ1n) is 6.70. The highest BCUT2D eigenvalue weighted by Gasteiger charge is 2.38. The Morgan fingerprint density at radius 1 is 1.25 bits per heavy atom. The van der Waals surface area contributed by atoms with Crippen LogP contribution in [0.15, 0.2) is 33.9 Å². The normalized spacial score (nSPS) is 17.3. The van der Waals surface area contributed by atoms with Crippen molar-refractivity contribution in [1.29, 1.82) is 0 Å². The van der Waals surface area contributed by atoms with E-state index in [1.807, 2.05) is 0 Å². The molecule has 2 heterocycles. The van der Waals surface area contributed by atoms with Crippen LogP contribution in [0.3, 0.4) is 0 Å². The number of oxime groups is 1. The SMILES string of the molecule is COC(=O)C1CC(c2ccc(-c3noc(C(F)(F)F)n3)cc2)=NO1. The van der Waals surface area contributed by atoms with Crippen LogP contribution >= 0.6 is 0 Å². The fourth-order valence-electron chi connectivity index (χ4n) is 2.07. The largest absolute Gasteiger partial charge is 0.471 e. The topological polar surface area (TPSA) is 86.8 Å². The van der Waals surface area contributed by atoms with Crippen molar-refractivity contribution < 1.29 is 32.1 Å². The molecule has 1 unspecified atom stereocenters. The predicted octanol–water partition coefficient (Wildman–Crippen LogP) is 2.42. The molecular weight excluding hydrogens is 331 g/mol. The van der Waals surface area contributed by atoms with Gasteiger partial charge in [0.15, 0.2) is 0 Å². The number of hydrogen-bond donors (Lipinski definition) is 0. The second kappa shape index (κ2) is 5.95. The lowest BCUT2D eigenvalue weighted by Crippen LogP contribution is -2.22. The summed E-state index contributed by atoms with van der Waals surface area (Å²) in [6.07, 6.45) is -5.24. The van der Waals surface area contributed by atoms with Gasteiger partial charge >= 0.3 is 18.0 Å². The zero-order valence-electron chi connectivity index (χ0n) is 12.2. The van der Waals surface area contributed by atoms with Crippen molar-refractivity contribution in [3.63, 3.8) is 0 Å². The lowest BCUT2D eigenvalue weighted by molar-refractivity contribution is -0.159. The first kappa shape index (κ1) is 16.0. The van der Waals surface area contributed by atoms with Gasteiger partial charge in [0, 0.05) is 12.0 Å². The van der Waals surface area contributed by atoms with Crippen molar-refractivity contribution in [2.75, 3.05) is 7.11 Å². The molecule has 7 nitrogen and oxygen atoms in total. The van der Waals surface area contributed by atoms with Gasteiger partial charge in [0.1, 0.15) is 0 Å². The fourth-order valence-corrected chi connectivity index (χ4v) is 2.07. The third-order valence-corrected chi connectivity index (χ3v) is 3.28. The number of ether oxygens (including phenoxy) is 1. The Bertz CT molecular complexity index is 783. The highest BCUT2D eigenvalue weighted by molar-refractivity contribution is 6.03. The summed E-state index contributed by atoms with van der Waals surface area (Å²) in [5.74, 6) is -2.11. The van der Waals surface area contributed by atoms with Gasteiger partial charge in [0.2, 0.25) is 11.9 Å². The van der Waals surface area contributed by atoms with Crippen LogP contribution in [0.2, 0.25) is 0 Å². The molecule has 0 bridgehead atoms. The average molecular weight is 341 g/mol. The van der Waals surface area contributed by atoms with Gasteiger partial charge in [0.05, 0.1) is 12.8 Å². The summed E-state index contributed by atoms with van der Waals surface area (Å²) in [5.41, 5.74) is 1.53. The van der Waals surface area contributed by atoms with Crippen LogP contribution in [0, 0.1) is 0 Å². The van der Waals surface area contributed by atoms with E-state index in [0.717, 1.165) is 0 Å². The summed E-state index contributed by atoms with van der Waals surface area (Å²) >= 11 is 0. The standard InChI is InChI=1S/C14H10F3N3O4/c1-22-12(21)10-6-9(19-23-10)7-2-4-8(5-3-7)11-18-13(24-20-11)14(15,16)17/h2-5,10H,6H2,1H3. The summed E-state index contributed by atoms with van der Waals surface area (Å²) in [7, 11) is 1.25. The van der Waals surface area contributed by atoms with E-state index in [4.69, 9.17) is 4.84 Å². The summed E-state index contributed by atoms with van der Waals surface area (Å²) < 4.78 is 46.1. The van der Waals surface area contributed by atoms with Crippen LogP contribution in [0.25, 0.3) is 11.4 Å². The molecule has 1 aromatic heterocycles. The molecule has 0 saturated carbocycles. The van der Waals surface area contributed by atoms with E-state index >= 15 is 0 Å². The first-order valence-corrected chi connectivity index (χ1v) is 6.70. The molecule has 2 aromatic rings. The molecular formula is C14H10F3N3O4. The van der Waals surface area contributed by atoms with Gasteiger partial charge < -0.3 is 14.1 Å². The molecule has 1 aliphatic heterocycles. The summed E-state index contributed by atoms with van der Waals surface area (Å²) in [6, 6.07) is 6.27. The van der Waals surface area contributed by atoms with Crippen LogP contribution in [0.4, 0.5) is 13.2 Å². The maximum Gasteiger partial charge on any atom is 0.471 e. The van der Waals surface area contributed by atoms with E-state index in [-0.39, 0.29) is 12.2 Å². The third kappa shape index (κ3) is 3.07. The summed E-state index contributed by atoms with van der Waals surface area (Å²) in [5, 5.41) is 7.12. The van der Waals surface area contributed by atoms with Crippen molar-refractivity contribution >= 4 is 11.7 Å². The van der Waals surface area contributed by atoms with Crippen LogP contribution in [-0.4, -0.2) is 35.0 Å². The molecule has 0 N–H and O–H groups in total. The average Bonchev–Trinajstić information content (AvgIpc) is 3.23. The quantitative estimate of drug-likeness (QED) is 0.797. The van der Waals surface area contributed by atoms with Gasteiger partial charge in [-0.2, -0.15) is 18.2 Å². The van der Waals surface area contributed by atoms with Crippen molar-refractivity contribution in [2.45, 2.75) is 18.7 Å². The number of nitrogens with zero attached hydrogens (tertiary/aromatic N) is 3. The number of carbonyl (C=O) groups excluding carboxylic acids is 1. The van der Waals surface area contributed by atoms with Crippen LogP contribution < -0.4 is 0 Å². The van der Waals surface area contributed by atoms with Crippen LogP contribution in [0.1, 0.15) is 17.9 Å². The number of rotatable bonds is 3. The van der Waals surface area contributed by atoms with E-state index in [1.54, 1.807) is 12.1 Å². The maximum absolute atomic E-state index is 12.5. The minimum Gasteiger partial charge on any atom is -0.466 e. The molecule has 0 radical (unpaired) electrons. The van der Waals surface area contributed by atoms with Gasteiger partial charge in [0.25, 0.3) is 0 Å². The summed E-state index contributed by atoms with van der Waals surface area (Å²) in [6.45, 7) is 0. The zero-order chi connectivity index (χ0) is 17.3. The second-order valence-corrected chi connectivity index (χ2v) is 4.86. The van der Waals surface area contributed by atoms with E-state index in [9.17, 15) is 18.0 Å². The van der Waals surface area contributed by atoms with Crippen molar-refractivity contribution in [3.05, 3.63) is 35.7 Å². The Balaban J connectivity index is 1.75. The number of halogens is 3. The number of benzene rings is 1. The lowest BCUT2D eigenvalue weighted by atomic mass is 10.0. The van der Waals surface area contributed by atoms with Crippen LogP contribution in [0.5, 0.6) is 0 Å². The highest BCUT2D eigenvalue weighted by Crippen LogP contribution is 2.29. The Kier molecular flexibility index (Phi) is 3.96. The Morgan fingerprint density at radius 3 is 2.50 bits per heavy atom. The number of alkyl halides is 3. The molecule has 24 heavy (non-hydrogen) atoms. The maximum atomic E-state index is 12.5. The van der Waals surface area contributed by atoms with E-state index in [0.29, 0.717) is 16.8 Å². The minimum absolute atomic E-state index is 0.175. The fraction of sp³-hybridized carbons (Fsp3) is 0.286. The van der Waals surface area contributed by atoms with Gasteiger partial charge in [-0.05, 0) is 5.56 Å². The van der Waals surface area contributed by atoms with Crippen molar-refractivity contribution in [1.82, 2.24) is 10.1 Å². The van der Waals surface area contributed by atoms with Crippen LogP contribution in [-0.2, 0) is 20.5 Å². The van der Waals surface area contributed by atoms with E-state index in [2.05, 4.69) is 24.6 Å². The minimum atomic E-state index is -4.69. The number of aromatic nitrogens is 2. The van der Waals surface area contributed by atoms with Crippen molar-refractivity contribution in [3.8, 4) is 11.4 Å². The third-order valence-electron chi connectivity index (χ3n) is 3.28. The second-order valence-electron chi connectivity index (χ2n) is 4.86. The number of hydrogen-bond acceptors (Lipinski definition) is 7. The zero-order valence-corrected chi connectivity index (χ0v) is 12.2. The number of esters is 1. The molecule has 0 fully saturated rings. The van der Waals surface area contributed by atoms with Crippen molar-refractivity contribution in [2.24, 2.45) is 5.16 Å². The molecule has 0 amide bonds. The molecule has 1 atom stereocenters. The highest BCUT2D eigenvalue weighted by atomic mass is 19.4. The van der Waals surface area contributed by atoms with Gasteiger partial charge in [-0.1, -0.05) is 34.6 Å². The molecule has 1 aromatic carbocycles. The van der Waals surface area contributed by atoms with E-state index < -0.39 is 24.1 Å². The molecule has 1 aliphatic rings. The molecule has 0 saturated heterocycles. The number of carbonyl (C=O) groups is 1. The molecule has 0 spiro atoms. The Hall–Kier alpha value is -2.91. The molecule has 3 rings (SSSR count). The van der Waals surface area contributed by atoms with E-state index in [1.165, 1.54) is 19.2 Å². The summed E-state index contributed by atoms with van der Waals surface area (Å²) in [4.78, 5) is 19.7. The van der Waals surface area contributed by atoms with Gasteiger partial charge in [-0.15, -0.1) is 0 Å². The first-order chi connectivity index (χ1) is 11.4. The van der Waals surface area contributed by atoms with Gasteiger partial charge in [-0.25, -0.2) is 4.79 Å². The predicted molar refractivity (Wildman–Crippen MR) is 72.8 cm³/mol. The Labute approximate surface area is 133 Å². The monoisotopic (exact) mass is 341 g/mol. The Morgan fingerprint density at radius 2 is 1.92 bits per heavy atom.